The highest BCUT2D eigenvalue weighted by Crippen LogP contribution is 2.34. The molecule has 0 aliphatic rings. The van der Waals surface area contributed by atoms with Crippen molar-refractivity contribution in [3.63, 3.8) is 0 Å². The predicted octanol–water partition coefficient (Wildman–Crippen LogP) is 4.51. The molecule has 0 spiro atoms. The van der Waals surface area contributed by atoms with E-state index in [9.17, 15) is 22.0 Å². The third-order valence-corrected chi connectivity index (χ3v) is 3.58. The van der Waals surface area contributed by atoms with E-state index in [1.807, 2.05) is 0 Å². The van der Waals surface area contributed by atoms with E-state index in [-0.39, 0.29) is 5.95 Å². The van der Waals surface area contributed by atoms with Gasteiger partial charge in [0.15, 0.2) is 0 Å². The second-order valence-electron chi connectivity index (χ2n) is 4.98. The Bertz CT molecular complexity index is 908. The quantitative estimate of drug-likeness (QED) is 0.537. The molecule has 0 aliphatic heterocycles. The molecule has 25 heavy (non-hydrogen) atoms. The van der Waals surface area contributed by atoms with E-state index in [1.54, 1.807) is 18.2 Å². The molecular formula is C14H9ClF5N5. The average molecular weight is 378 g/mol. The first kappa shape index (κ1) is 17.3. The SMILES string of the molecule is FC(F)Cn1ncc2c(Nc3ncc(C(F)(F)F)c(Cl)n3)cccc21. The standard InChI is InChI=1S/C14H9ClF5N5/c15-12-8(14(18,19)20)5-21-13(24-12)23-9-2-1-3-10-7(9)4-22-25(10)6-11(16)17/h1-5,11H,6H2,(H,21,23,24). The second kappa shape index (κ2) is 6.43. The van der Waals surface area contributed by atoms with E-state index in [1.165, 1.54) is 6.20 Å². The van der Waals surface area contributed by atoms with Crippen LogP contribution >= 0.6 is 11.6 Å². The minimum Gasteiger partial charge on any atom is -0.323 e. The Balaban J connectivity index is 1.93. The molecule has 0 aliphatic carbocycles. The molecule has 0 saturated carbocycles. The molecular weight excluding hydrogens is 369 g/mol. The molecule has 132 valence electrons. The van der Waals surface area contributed by atoms with E-state index >= 15 is 0 Å². The van der Waals surface area contributed by atoms with Gasteiger partial charge in [0.25, 0.3) is 6.43 Å². The maximum absolute atomic E-state index is 12.7. The topological polar surface area (TPSA) is 55.6 Å². The molecule has 0 fully saturated rings. The summed E-state index contributed by atoms with van der Waals surface area (Å²) in [4.78, 5) is 7.16. The van der Waals surface area contributed by atoms with E-state index < -0.39 is 29.9 Å². The van der Waals surface area contributed by atoms with Crippen molar-refractivity contribution in [3.8, 4) is 0 Å². The fourth-order valence-corrected chi connectivity index (χ4v) is 2.46. The molecule has 1 N–H and O–H groups in total. The number of halogens is 6. The molecule has 0 unspecified atom stereocenters. The summed E-state index contributed by atoms with van der Waals surface area (Å²) in [5.41, 5.74) is -0.320. The number of hydrogen-bond acceptors (Lipinski definition) is 4. The first-order chi connectivity index (χ1) is 11.8. The van der Waals surface area contributed by atoms with Crippen LogP contribution in [0.5, 0.6) is 0 Å². The molecule has 0 saturated heterocycles. The first-order valence-corrected chi connectivity index (χ1v) is 7.23. The van der Waals surface area contributed by atoms with Gasteiger partial charge in [-0.25, -0.2) is 18.7 Å². The summed E-state index contributed by atoms with van der Waals surface area (Å²) in [7, 11) is 0. The number of nitrogens with zero attached hydrogens (tertiary/aromatic N) is 4. The van der Waals surface area contributed by atoms with Gasteiger partial charge in [-0.2, -0.15) is 18.3 Å². The highest BCUT2D eigenvalue weighted by molar-refractivity contribution is 6.30. The highest BCUT2D eigenvalue weighted by atomic mass is 35.5. The summed E-state index contributed by atoms with van der Waals surface area (Å²) >= 11 is 5.55. The fraction of sp³-hybridized carbons (Fsp3) is 0.214. The Morgan fingerprint density at radius 1 is 1.20 bits per heavy atom. The van der Waals surface area contributed by atoms with Gasteiger partial charge in [-0.3, -0.25) is 4.68 Å². The van der Waals surface area contributed by atoms with Crippen molar-refractivity contribution in [2.24, 2.45) is 0 Å². The summed E-state index contributed by atoms with van der Waals surface area (Å²) in [6.07, 6.45) is -5.30. The fourth-order valence-electron chi connectivity index (χ4n) is 2.22. The Kier molecular flexibility index (Phi) is 4.46. The molecule has 0 atom stereocenters. The smallest absolute Gasteiger partial charge is 0.323 e. The van der Waals surface area contributed by atoms with Gasteiger partial charge in [0, 0.05) is 11.6 Å². The summed E-state index contributed by atoms with van der Waals surface area (Å²) in [5, 5.41) is 6.34. The normalized spacial score (nSPS) is 12.1. The molecule has 0 amide bonds. The summed E-state index contributed by atoms with van der Waals surface area (Å²) < 4.78 is 64.2. The second-order valence-corrected chi connectivity index (χ2v) is 5.34. The number of benzene rings is 1. The van der Waals surface area contributed by atoms with Crippen LogP contribution in [0, 0.1) is 0 Å². The number of anilines is 2. The monoisotopic (exact) mass is 377 g/mol. The van der Waals surface area contributed by atoms with Crippen molar-refractivity contribution in [2.75, 3.05) is 5.32 Å². The van der Waals surface area contributed by atoms with E-state index in [0.29, 0.717) is 22.8 Å². The van der Waals surface area contributed by atoms with Gasteiger partial charge in [0.1, 0.15) is 17.3 Å². The third kappa shape index (κ3) is 3.63. The van der Waals surface area contributed by atoms with Crippen LogP contribution in [-0.4, -0.2) is 26.2 Å². The number of alkyl halides is 5. The highest BCUT2D eigenvalue weighted by Gasteiger charge is 2.34. The zero-order valence-electron chi connectivity index (χ0n) is 12.2. The van der Waals surface area contributed by atoms with Gasteiger partial charge in [0.2, 0.25) is 5.95 Å². The molecule has 3 aromatic rings. The van der Waals surface area contributed by atoms with Crippen molar-refractivity contribution in [1.82, 2.24) is 19.7 Å². The van der Waals surface area contributed by atoms with Crippen LogP contribution in [0.2, 0.25) is 5.15 Å². The maximum Gasteiger partial charge on any atom is 0.420 e. The van der Waals surface area contributed by atoms with Crippen molar-refractivity contribution in [3.05, 3.63) is 41.3 Å². The number of rotatable bonds is 4. The van der Waals surface area contributed by atoms with Crippen LogP contribution in [-0.2, 0) is 12.7 Å². The number of fused-ring (bicyclic) bond motifs is 1. The lowest BCUT2D eigenvalue weighted by atomic mass is 10.2. The molecule has 3 rings (SSSR count). The Labute approximate surface area is 142 Å². The van der Waals surface area contributed by atoms with Crippen LogP contribution in [0.3, 0.4) is 0 Å². The van der Waals surface area contributed by atoms with Gasteiger partial charge in [-0.05, 0) is 12.1 Å². The van der Waals surface area contributed by atoms with Gasteiger partial charge in [-0.1, -0.05) is 17.7 Å². The van der Waals surface area contributed by atoms with Crippen LogP contribution < -0.4 is 5.32 Å². The number of nitrogens with one attached hydrogen (secondary N) is 1. The van der Waals surface area contributed by atoms with Crippen molar-refractivity contribution >= 4 is 34.1 Å². The molecule has 1 aromatic carbocycles. The first-order valence-electron chi connectivity index (χ1n) is 6.85. The molecule has 5 nitrogen and oxygen atoms in total. The minimum atomic E-state index is -4.66. The largest absolute Gasteiger partial charge is 0.420 e. The van der Waals surface area contributed by atoms with E-state index in [2.05, 4.69) is 20.4 Å². The molecule has 0 bridgehead atoms. The van der Waals surface area contributed by atoms with Crippen LogP contribution in [0.15, 0.2) is 30.6 Å². The molecule has 11 heteroatoms. The molecule has 2 aromatic heterocycles. The van der Waals surface area contributed by atoms with Crippen LogP contribution in [0.25, 0.3) is 10.9 Å². The lowest BCUT2D eigenvalue weighted by molar-refractivity contribution is -0.137. The summed E-state index contributed by atoms with van der Waals surface area (Å²) in [5.74, 6) is -0.160. The molecule has 0 radical (unpaired) electrons. The lowest BCUT2D eigenvalue weighted by Crippen LogP contribution is -2.09. The zero-order chi connectivity index (χ0) is 18.2. The number of hydrogen-bond donors (Lipinski definition) is 1. The average Bonchev–Trinajstić information content (AvgIpc) is 2.89. The van der Waals surface area contributed by atoms with Gasteiger partial charge in [0.05, 0.1) is 17.4 Å². The Morgan fingerprint density at radius 2 is 1.96 bits per heavy atom. The van der Waals surface area contributed by atoms with E-state index in [4.69, 9.17) is 11.6 Å². The maximum atomic E-state index is 12.7. The van der Waals surface area contributed by atoms with E-state index in [0.717, 1.165) is 4.68 Å². The third-order valence-electron chi connectivity index (χ3n) is 3.29. The Morgan fingerprint density at radius 3 is 2.60 bits per heavy atom. The van der Waals surface area contributed by atoms with Gasteiger partial charge < -0.3 is 5.32 Å². The number of aromatic nitrogens is 4. The van der Waals surface area contributed by atoms with Crippen molar-refractivity contribution in [1.29, 1.82) is 0 Å². The van der Waals surface area contributed by atoms with Crippen molar-refractivity contribution < 1.29 is 22.0 Å². The van der Waals surface area contributed by atoms with Crippen molar-refractivity contribution in [2.45, 2.75) is 19.1 Å². The van der Waals surface area contributed by atoms with Crippen LogP contribution in [0.1, 0.15) is 5.56 Å². The van der Waals surface area contributed by atoms with Gasteiger partial charge in [-0.15, -0.1) is 0 Å². The minimum absolute atomic E-state index is 0.160. The zero-order valence-corrected chi connectivity index (χ0v) is 13.0. The summed E-state index contributed by atoms with van der Waals surface area (Å²) in [6.45, 7) is -0.574. The molecule has 2 heterocycles. The predicted molar refractivity (Wildman–Crippen MR) is 81.1 cm³/mol. The lowest BCUT2D eigenvalue weighted by Gasteiger charge is -2.10. The van der Waals surface area contributed by atoms with Gasteiger partial charge >= 0.3 is 6.18 Å². The van der Waals surface area contributed by atoms with Crippen LogP contribution in [0.4, 0.5) is 33.6 Å². The summed E-state index contributed by atoms with van der Waals surface area (Å²) in [6, 6.07) is 4.77. The Hall–Kier alpha value is -2.49.